The number of aliphatic imine (C=N–C) groups is 1. The van der Waals surface area contributed by atoms with E-state index in [0.29, 0.717) is 17.0 Å². The fraction of sp³-hybridized carbons (Fsp3) is 0.264. The van der Waals surface area contributed by atoms with Gasteiger partial charge in [-0.1, -0.05) is 97.1 Å². The van der Waals surface area contributed by atoms with Crippen LogP contribution in [0.4, 0.5) is 0 Å². The van der Waals surface area contributed by atoms with Gasteiger partial charge in [-0.2, -0.15) is 10.5 Å². The van der Waals surface area contributed by atoms with Gasteiger partial charge in [0.15, 0.2) is 0 Å². The molecule has 288 valence electrons. The van der Waals surface area contributed by atoms with Crippen LogP contribution >= 0.6 is 11.3 Å². The number of allylic oxidation sites excluding steroid dienone is 5. The van der Waals surface area contributed by atoms with Crippen molar-refractivity contribution in [1.82, 2.24) is 10.6 Å². The quantitative estimate of drug-likeness (QED) is 0.171. The van der Waals surface area contributed by atoms with Gasteiger partial charge in [-0.3, -0.25) is 5.32 Å². The molecule has 11 rings (SSSR count). The van der Waals surface area contributed by atoms with Gasteiger partial charge in [0.05, 0.1) is 28.1 Å². The van der Waals surface area contributed by atoms with Gasteiger partial charge in [-0.15, -0.1) is 11.3 Å². The van der Waals surface area contributed by atoms with Crippen LogP contribution in [-0.4, -0.2) is 12.0 Å². The predicted octanol–water partition coefficient (Wildman–Crippen LogP) is 11.9. The van der Waals surface area contributed by atoms with Crippen LogP contribution in [0.2, 0.25) is 0 Å². The Bertz CT molecular complexity index is 2930. The van der Waals surface area contributed by atoms with Crippen LogP contribution in [0.15, 0.2) is 132 Å². The SMILES string of the molecule is N#Cc1cc(C#N)c2sc3ccc(C4=CC(C5NC(C6C=CC(C7C=CCCC7)=CC6)=NC(c6ccccc6)N5)Cc5c4c4c(c6ccccc56)CCCC4)cc3c2c1. The average Bonchev–Trinajstić information content (AvgIpc) is 3.69. The minimum absolute atomic E-state index is 0.0622. The van der Waals surface area contributed by atoms with Gasteiger partial charge >= 0.3 is 0 Å². The standard InChI is InChI=1S/C53H45N5S/c54-30-32-25-39(31-55)50-47(26-32)45-27-37(23-24-48(45)59-50)44-28-38(29-46-42-17-8-7-15-40(42)41-16-9-10-18-43(41)49(44)46)53-57-51(35-13-5-2-6-14-35)56-52(58-53)36-21-19-34(20-22-36)33-11-3-1-4-12-33/h2-3,5-8,11,13-15,17,19-21,23-28,33,36,38,51,53,57H,1,4,9-10,12,16,18,22,29H2,(H,56,58). The number of nitrogens with zero attached hydrogens (tertiary/aromatic N) is 3. The zero-order chi connectivity index (χ0) is 39.5. The van der Waals surface area contributed by atoms with E-state index in [0.717, 1.165) is 51.7 Å². The molecule has 1 aliphatic heterocycles. The maximum Gasteiger partial charge on any atom is 0.129 e. The summed E-state index contributed by atoms with van der Waals surface area (Å²) in [6.45, 7) is 0. The number of fused-ring (bicyclic) bond motifs is 9. The fourth-order valence-electron chi connectivity index (χ4n) is 10.6. The van der Waals surface area contributed by atoms with E-state index in [-0.39, 0.29) is 24.2 Å². The number of thiophene rings is 1. The van der Waals surface area contributed by atoms with Crippen molar-refractivity contribution in [3.8, 4) is 12.1 Å². The second kappa shape index (κ2) is 15.0. The molecule has 6 aromatic rings. The molecule has 4 aliphatic carbocycles. The molecular formula is C53H45N5S. The van der Waals surface area contributed by atoms with Crippen LogP contribution in [0.5, 0.6) is 0 Å². The highest BCUT2D eigenvalue weighted by atomic mass is 32.1. The third kappa shape index (κ3) is 6.34. The molecule has 2 N–H and O–H groups in total. The zero-order valence-electron chi connectivity index (χ0n) is 33.0. The topological polar surface area (TPSA) is 84.0 Å². The van der Waals surface area contributed by atoms with E-state index >= 15 is 0 Å². The molecule has 0 bridgehead atoms. The smallest absolute Gasteiger partial charge is 0.129 e. The minimum Gasteiger partial charge on any atom is -0.357 e. The summed E-state index contributed by atoms with van der Waals surface area (Å²) in [6.07, 6.45) is 24.4. The van der Waals surface area contributed by atoms with Crippen molar-refractivity contribution < 1.29 is 0 Å². The lowest BCUT2D eigenvalue weighted by Crippen LogP contribution is -2.56. The molecule has 1 aromatic heterocycles. The van der Waals surface area contributed by atoms with Crippen molar-refractivity contribution in [1.29, 1.82) is 10.5 Å². The fourth-order valence-corrected chi connectivity index (χ4v) is 11.7. The second-order valence-corrected chi connectivity index (χ2v) is 18.0. The predicted molar refractivity (Wildman–Crippen MR) is 242 cm³/mol. The van der Waals surface area contributed by atoms with Crippen LogP contribution < -0.4 is 10.6 Å². The first-order chi connectivity index (χ1) is 29.1. The molecule has 0 radical (unpaired) electrons. The van der Waals surface area contributed by atoms with Crippen molar-refractivity contribution in [2.75, 3.05) is 0 Å². The molecule has 5 atom stereocenters. The van der Waals surface area contributed by atoms with Gasteiger partial charge < -0.3 is 5.32 Å². The molecule has 0 spiro atoms. The third-order valence-electron chi connectivity index (χ3n) is 13.5. The molecule has 0 amide bonds. The molecule has 0 saturated heterocycles. The monoisotopic (exact) mass is 783 g/mol. The molecule has 0 saturated carbocycles. The van der Waals surface area contributed by atoms with Crippen LogP contribution in [0.3, 0.4) is 0 Å². The summed E-state index contributed by atoms with van der Waals surface area (Å²) in [7, 11) is 0. The summed E-state index contributed by atoms with van der Waals surface area (Å²) in [6, 6.07) is 35.0. The zero-order valence-corrected chi connectivity index (χ0v) is 33.9. The molecule has 0 fully saturated rings. The molecule has 5 aliphatic rings. The van der Waals surface area contributed by atoms with Crippen LogP contribution in [-0.2, 0) is 19.3 Å². The normalized spacial score (nSPS) is 23.7. The average molecular weight is 784 g/mol. The molecular weight excluding hydrogens is 739 g/mol. The van der Waals surface area contributed by atoms with Gasteiger partial charge in [0, 0.05) is 33.2 Å². The van der Waals surface area contributed by atoms with E-state index in [2.05, 4.69) is 132 Å². The van der Waals surface area contributed by atoms with E-state index in [1.807, 2.05) is 6.07 Å². The Kier molecular flexibility index (Phi) is 9.14. The maximum absolute atomic E-state index is 10.1. The van der Waals surface area contributed by atoms with Crippen LogP contribution in [0.25, 0.3) is 36.5 Å². The summed E-state index contributed by atoms with van der Waals surface area (Å²) >= 11 is 1.64. The third-order valence-corrected chi connectivity index (χ3v) is 14.7. The lowest BCUT2D eigenvalue weighted by Gasteiger charge is -2.40. The van der Waals surface area contributed by atoms with Crippen molar-refractivity contribution in [2.24, 2.45) is 22.7 Å². The Morgan fingerprint density at radius 1 is 0.763 bits per heavy atom. The number of hydrogen-bond donors (Lipinski definition) is 2. The Morgan fingerprint density at radius 2 is 1.59 bits per heavy atom. The molecule has 5 unspecified atom stereocenters. The Labute approximate surface area is 349 Å². The highest BCUT2D eigenvalue weighted by Crippen LogP contribution is 2.47. The number of aryl methyl sites for hydroxylation is 1. The molecule has 5 nitrogen and oxygen atoms in total. The van der Waals surface area contributed by atoms with E-state index in [1.165, 1.54) is 87.4 Å². The van der Waals surface area contributed by atoms with Crippen molar-refractivity contribution in [3.05, 3.63) is 171 Å². The van der Waals surface area contributed by atoms with E-state index < -0.39 is 0 Å². The van der Waals surface area contributed by atoms with Gasteiger partial charge in [0.2, 0.25) is 0 Å². The minimum atomic E-state index is -0.173. The van der Waals surface area contributed by atoms with Crippen molar-refractivity contribution in [2.45, 2.75) is 70.1 Å². The Hall–Kier alpha value is -6.05. The highest BCUT2D eigenvalue weighted by Gasteiger charge is 2.36. The number of hydrogen-bond acceptors (Lipinski definition) is 6. The van der Waals surface area contributed by atoms with E-state index in [4.69, 9.17) is 4.99 Å². The summed E-state index contributed by atoms with van der Waals surface area (Å²) in [4.78, 5) is 5.41. The molecule has 5 aromatic carbocycles. The van der Waals surface area contributed by atoms with Gasteiger partial charge in [-0.25, -0.2) is 4.99 Å². The first-order valence-electron chi connectivity index (χ1n) is 21.4. The lowest BCUT2D eigenvalue weighted by atomic mass is 9.72. The lowest BCUT2D eigenvalue weighted by molar-refractivity contribution is 0.320. The highest BCUT2D eigenvalue weighted by molar-refractivity contribution is 7.26. The number of nitriles is 2. The van der Waals surface area contributed by atoms with Crippen LogP contribution in [0.1, 0.15) is 89.2 Å². The first-order valence-corrected chi connectivity index (χ1v) is 22.2. The van der Waals surface area contributed by atoms with E-state index in [9.17, 15) is 10.5 Å². The number of amidine groups is 1. The molecule has 6 heteroatoms. The second-order valence-electron chi connectivity index (χ2n) is 16.9. The van der Waals surface area contributed by atoms with Gasteiger partial charge in [0.1, 0.15) is 18.1 Å². The number of benzene rings is 5. The van der Waals surface area contributed by atoms with Crippen molar-refractivity contribution >= 4 is 53.7 Å². The Morgan fingerprint density at radius 3 is 2.37 bits per heavy atom. The van der Waals surface area contributed by atoms with Crippen molar-refractivity contribution in [3.63, 3.8) is 0 Å². The van der Waals surface area contributed by atoms with Crippen LogP contribution in [0, 0.1) is 40.4 Å². The first kappa shape index (κ1) is 36.1. The molecule has 2 heterocycles. The number of nitrogens with one attached hydrogen (secondary N) is 2. The largest absolute Gasteiger partial charge is 0.357 e. The van der Waals surface area contributed by atoms with E-state index in [1.54, 1.807) is 17.4 Å². The van der Waals surface area contributed by atoms with Gasteiger partial charge in [0.25, 0.3) is 0 Å². The summed E-state index contributed by atoms with van der Waals surface area (Å²) in [5, 5.41) is 32.9. The maximum atomic E-state index is 10.1. The molecule has 59 heavy (non-hydrogen) atoms. The number of rotatable bonds is 5. The van der Waals surface area contributed by atoms with Gasteiger partial charge in [-0.05, 0) is 137 Å². The summed E-state index contributed by atoms with van der Waals surface area (Å²) in [5.41, 5.74) is 12.0. The Balaban J connectivity index is 1.05. The summed E-state index contributed by atoms with van der Waals surface area (Å²) < 4.78 is 2.07. The summed E-state index contributed by atoms with van der Waals surface area (Å²) in [5.74, 6) is 1.88.